The molecule has 3 rings (SSSR count). The number of nitrogens with one attached hydrogen (secondary N) is 1. The van der Waals surface area contributed by atoms with Gasteiger partial charge in [0, 0.05) is 5.69 Å². The Kier molecular flexibility index (Phi) is 4.47. The summed E-state index contributed by atoms with van der Waals surface area (Å²) in [6.07, 6.45) is 0. The van der Waals surface area contributed by atoms with Gasteiger partial charge in [-0.3, -0.25) is 0 Å². The minimum atomic E-state index is -0.324. The number of nitrogens with two attached hydrogens (primary N) is 1. The number of nitrogens with zero attached hydrogens (tertiary/aromatic N) is 3. The van der Waals surface area contributed by atoms with Crippen LogP contribution in [0.1, 0.15) is 16.7 Å². The predicted octanol–water partition coefficient (Wildman–Crippen LogP) is 4.05. The van der Waals surface area contributed by atoms with Crippen molar-refractivity contribution in [2.45, 2.75) is 20.8 Å². The molecule has 1 heterocycles. The second kappa shape index (κ2) is 6.72. The first kappa shape index (κ1) is 16.6. The van der Waals surface area contributed by atoms with E-state index < -0.39 is 0 Å². The number of anilines is 3. The Labute approximate surface area is 144 Å². The molecule has 2 aromatic carbocycles. The molecule has 0 unspecified atom stereocenters. The van der Waals surface area contributed by atoms with Gasteiger partial charge in [-0.15, -0.1) is 0 Å². The standard InChI is InChI=1S/C18H18FN5O/c1-10-8-11(2)15(12(3)9-10)25-18-23-16(20)22-17(24-18)21-14-6-4-13(19)5-7-14/h4-9H,1-3H3,(H3,20,21,22,23,24). The second-order valence-electron chi connectivity index (χ2n) is 5.76. The monoisotopic (exact) mass is 339 g/mol. The van der Waals surface area contributed by atoms with E-state index in [0.717, 1.165) is 16.7 Å². The fourth-order valence-corrected chi connectivity index (χ4v) is 2.56. The minimum Gasteiger partial charge on any atom is -0.424 e. The molecule has 7 heteroatoms. The molecule has 128 valence electrons. The van der Waals surface area contributed by atoms with Crippen molar-refractivity contribution in [2.75, 3.05) is 11.1 Å². The van der Waals surface area contributed by atoms with E-state index in [0.29, 0.717) is 11.4 Å². The van der Waals surface area contributed by atoms with Crippen LogP contribution in [0.2, 0.25) is 0 Å². The van der Waals surface area contributed by atoms with Gasteiger partial charge in [-0.05, 0) is 56.2 Å². The van der Waals surface area contributed by atoms with Crippen LogP contribution >= 0.6 is 0 Å². The van der Waals surface area contributed by atoms with Crippen molar-refractivity contribution < 1.29 is 9.13 Å². The fourth-order valence-electron chi connectivity index (χ4n) is 2.56. The Morgan fingerprint density at radius 3 is 2.24 bits per heavy atom. The Bertz CT molecular complexity index is 889. The summed E-state index contributed by atoms with van der Waals surface area (Å²) in [6.45, 7) is 5.94. The van der Waals surface area contributed by atoms with Crippen molar-refractivity contribution in [3.05, 3.63) is 58.9 Å². The third-order valence-electron chi connectivity index (χ3n) is 3.53. The molecule has 0 atom stereocenters. The minimum absolute atomic E-state index is 0.0250. The summed E-state index contributed by atoms with van der Waals surface area (Å²) < 4.78 is 18.8. The number of rotatable bonds is 4. The zero-order valence-electron chi connectivity index (χ0n) is 14.2. The maximum absolute atomic E-state index is 13.0. The normalized spacial score (nSPS) is 10.6. The maximum atomic E-state index is 13.0. The number of ether oxygens (including phenoxy) is 1. The molecule has 6 nitrogen and oxygen atoms in total. The number of aromatic nitrogens is 3. The van der Waals surface area contributed by atoms with Gasteiger partial charge in [0.05, 0.1) is 0 Å². The quantitative estimate of drug-likeness (QED) is 0.746. The van der Waals surface area contributed by atoms with Crippen LogP contribution in [0, 0.1) is 26.6 Å². The molecule has 0 aliphatic rings. The van der Waals surface area contributed by atoms with Crippen molar-refractivity contribution in [3.63, 3.8) is 0 Å². The van der Waals surface area contributed by atoms with Crippen LogP contribution in [-0.2, 0) is 0 Å². The fraction of sp³-hybridized carbons (Fsp3) is 0.167. The predicted molar refractivity (Wildman–Crippen MR) is 94.6 cm³/mol. The van der Waals surface area contributed by atoms with Crippen LogP contribution in [0.15, 0.2) is 36.4 Å². The summed E-state index contributed by atoms with van der Waals surface area (Å²) in [5.41, 5.74) is 9.48. The third-order valence-corrected chi connectivity index (χ3v) is 3.53. The molecule has 0 amide bonds. The lowest BCUT2D eigenvalue weighted by atomic mass is 10.1. The lowest BCUT2D eigenvalue weighted by Crippen LogP contribution is -2.05. The van der Waals surface area contributed by atoms with E-state index in [9.17, 15) is 4.39 Å². The van der Waals surface area contributed by atoms with Crippen LogP contribution < -0.4 is 15.8 Å². The second-order valence-corrected chi connectivity index (χ2v) is 5.76. The molecule has 0 saturated heterocycles. The topological polar surface area (TPSA) is 86.0 Å². The van der Waals surface area contributed by atoms with E-state index in [1.807, 2.05) is 32.9 Å². The largest absolute Gasteiger partial charge is 0.424 e. The smallest absolute Gasteiger partial charge is 0.328 e. The molecule has 0 saturated carbocycles. The van der Waals surface area contributed by atoms with Crippen LogP contribution in [0.5, 0.6) is 11.8 Å². The molecule has 0 radical (unpaired) electrons. The van der Waals surface area contributed by atoms with E-state index in [2.05, 4.69) is 20.3 Å². The molecular weight excluding hydrogens is 321 g/mol. The molecule has 0 aliphatic heterocycles. The first-order chi connectivity index (χ1) is 11.9. The van der Waals surface area contributed by atoms with Crippen molar-refractivity contribution in [1.29, 1.82) is 0 Å². The third kappa shape index (κ3) is 4.00. The van der Waals surface area contributed by atoms with Gasteiger partial charge < -0.3 is 15.8 Å². The van der Waals surface area contributed by atoms with Gasteiger partial charge in [0.1, 0.15) is 11.6 Å². The van der Waals surface area contributed by atoms with Crippen molar-refractivity contribution in [3.8, 4) is 11.8 Å². The van der Waals surface area contributed by atoms with E-state index in [-0.39, 0.29) is 23.7 Å². The van der Waals surface area contributed by atoms with E-state index >= 15 is 0 Å². The van der Waals surface area contributed by atoms with Crippen molar-refractivity contribution in [2.24, 2.45) is 0 Å². The van der Waals surface area contributed by atoms with Crippen LogP contribution in [0.4, 0.5) is 22.0 Å². The SMILES string of the molecule is Cc1cc(C)c(Oc2nc(N)nc(Nc3ccc(F)cc3)n2)c(C)c1. The van der Waals surface area contributed by atoms with Crippen molar-refractivity contribution >= 4 is 17.6 Å². The number of hydrogen-bond donors (Lipinski definition) is 2. The van der Waals surface area contributed by atoms with Crippen LogP contribution in [0.3, 0.4) is 0 Å². The van der Waals surface area contributed by atoms with Gasteiger partial charge in [0.25, 0.3) is 0 Å². The maximum Gasteiger partial charge on any atom is 0.328 e. The zero-order chi connectivity index (χ0) is 18.0. The molecule has 1 aromatic heterocycles. The molecule has 3 aromatic rings. The van der Waals surface area contributed by atoms with Crippen LogP contribution in [0.25, 0.3) is 0 Å². The van der Waals surface area contributed by atoms with Gasteiger partial charge in [-0.1, -0.05) is 17.7 Å². The van der Waals surface area contributed by atoms with E-state index in [1.54, 1.807) is 12.1 Å². The summed E-state index contributed by atoms with van der Waals surface area (Å²) >= 11 is 0. The molecule has 3 N–H and O–H groups in total. The molecule has 0 bridgehead atoms. The lowest BCUT2D eigenvalue weighted by Gasteiger charge is -2.12. The molecule has 25 heavy (non-hydrogen) atoms. The zero-order valence-corrected chi connectivity index (χ0v) is 14.2. The van der Waals surface area contributed by atoms with Gasteiger partial charge in [-0.25, -0.2) is 4.39 Å². The molecular formula is C18H18FN5O. The van der Waals surface area contributed by atoms with Gasteiger partial charge >= 0.3 is 6.01 Å². The van der Waals surface area contributed by atoms with E-state index in [4.69, 9.17) is 10.5 Å². The lowest BCUT2D eigenvalue weighted by molar-refractivity contribution is 0.435. The first-order valence-corrected chi connectivity index (χ1v) is 7.70. The van der Waals surface area contributed by atoms with Gasteiger partial charge in [0.15, 0.2) is 0 Å². The van der Waals surface area contributed by atoms with Gasteiger partial charge in [0.2, 0.25) is 11.9 Å². The van der Waals surface area contributed by atoms with Crippen molar-refractivity contribution in [1.82, 2.24) is 15.0 Å². The molecule has 0 spiro atoms. The average Bonchev–Trinajstić information content (AvgIpc) is 2.52. The summed E-state index contributed by atoms with van der Waals surface area (Å²) in [5.74, 6) is 0.604. The van der Waals surface area contributed by atoms with Crippen LogP contribution in [-0.4, -0.2) is 15.0 Å². The van der Waals surface area contributed by atoms with E-state index in [1.165, 1.54) is 12.1 Å². The number of hydrogen-bond acceptors (Lipinski definition) is 6. The molecule has 0 aliphatic carbocycles. The Morgan fingerprint density at radius 2 is 1.60 bits per heavy atom. The highest BCUT2D eigenvalue weighted by molar-refractivity contribution is 5.54. The summed E-state index contributed by atoms with van der Waals surface area (Å²) in [6, 6.07) is 9.95. The first-order valence-electron chi connectivity index (χ1n) is 7.70. The Hall–Kier alpha value is -3.22. The highest BCUT2D eigenvalue weighted by Crippen LogP contribution is 2.28. The summed E-state index contributed by atoms with van der Waals surface area (Å²) in [7, 11) is 0. The number of aryl methyl sites for hydroxylation is 3. The highest BCUT2D eigenvalue weighted by Gasteiger charge is 2.11. The number of nitrogen functional groups attached to an aromatic ring is 1. The number of benzene rings is 2. The molecule has 0 fully saturated rings. The summed E-state index contributed by atoms with van der Waals surface area (Å²) in [5, 5.41) is 2.95. The average molecular weight is 339 g/mol. The highest BCUT2D eigenvalue weighted by atomic mass is 19.1. The number of halogens is 1. The summed E-state index contributed by atoms with van der Waals surface area (Å²) in [4.78, 5) is 12.3. The van der Waals surface area contributed by atoms with Gasteiger partial charge in [-0.2, -0.15) is 15.0 Å². The Balaban J connectivity index is 1.88. The Morgan fingerprint density at radius 1 is 0.960 bits per heavy atom.